The molecule has 2 heterocycles. The van der Waals surface area contributed by atoms with Crippen LogP contribution in [0.3, 0.4) is 0 Å². The summed E-state index contributed by atoms with van der Waals surface area (Å²) < 4.78 is 0.998. The van der Waals surface area contributed by atoms with E-state index in [-0.39, 0.29) is 23.6 Å². The highest BCUT2D eigenvalue weighted by Crippen LogP contribution is 2.18. The first-order chi connectivity index (χ1) is 11.1. The third-order valence-electron chi connectivity index (χ3n) is 3.69. The molecule has 0 bridgehead atoms. The summed E-state index contributed by atoms with van der Waals surface area (Å²) in [5.74, 6) is -0.682. The molecule has 0 saturated carbocycles. The number of hydrogen-bond donors (Lipinski definition) is 2. The third kappa shape index (κ3) is 4.77. The van der Waals surface area contributed by atoms with Crippen LogP contribution in [0.1, 0.15) is 38.5 Å². The Morgan fingerprint density at radius 3 is 1.96 bits per heavy atom. The minimum absolute atomic E-state index is 0.122. The molecule has 2 rings (SSSR count). The lowest BCUT2D eigenvalue weighted by molar-refractivity contribution is -0.136. The first-order valence-electron chi connectivity index (χ1n) is 7.86. The monoisotopic (exact) mass is 322 g/mol. The summed E-state index contributed by atoms with van der Waals surface area (Å²) in [6.07, 6.45) is 8.27. The Morgan fingerprint density at radius 1 is 0.826 bits per heavy atom. The molecule has 7 nitrogen and oxygen atoms in total. The van der Waals surface area contributed by atoms with Gasteiger partial charge in [-0.25, -0.2) is 0 Å². The first kappa shape index (κ1) is 16.9. The standard InChI is InChI=1S/C16H22N2O5/c19-13-7-8-14(20)17(13)11-5-3-1-2-4-6-12-23-18-15(21)9-10-16(18)22/h7-10,21-22H,1-6,11-12H2. The Kier molecular flexibility index (Phi) is 6.08. The highest BCUT2D eigenvalue weighted by atomic mass is 16.7. The molecule has 2 N–H and O–H groups in total. The van der Waals surface area contributed by atoms with Crippen molar-refractivity contribution < 1.29 is 24.6 Å². The molecule has 0 aliphatic carbocycles. The maximum Gasteiger partial charge on any atom is 0.253 e. The molecule has 0 fully saturated rings. The van der Waals surface area contributed by atoms with Gasteiger partial charge in [0.2, 0.25) is 11.8 Å². The second-order valence-corrected chi connectivity index (χ2v) is 5.46. The van der Waals surface area contributed by atoms with Gasteiger partial charge in [0, 0.05) is 30.8 Å². The number of rotatable bonds is 10. The zero-order valence-corrected chi connectivity index (χ0v) is 13.0. The highest BCUT2D eigenvalue weighted by Gasteiger charge is 2.21. The van der Waals surface area contributed by atoms with Gasteiger partial charge in [0.05, 0.1) is 0 Å². The maximum atomic E-state index is 11.3. The summed E-state index contributed by atoms with van der Waals surface area (Å²) in [4.78, 5) is 29.2. The number of imide groups is 1. The van der Waals surface area contributed by atoms with E-state index >= 15 is 0 Å². The number of unbranched alkanes of at least 4 members (excludes halogenated alkanes) is 5. The van der Waals surface area contributed by atoms with Crippen molar-refractivity contribution in [1.29, 1.82) is 0 Å². The van der Waals surface area contributed by atoms with Crippen LogP contribution in [0, 0.1) is 0 Å². The summed E-state index contributed by atoms with van der Waals surface area (Å²) in [6.45, 7) is 0.901. The summed E-state index contributed by atoms with van der Waals surface area (Å²) in [5.41, 5.74) is 0. The molecule has 0 spiro atoms. The Hall–Kier alpha value is -2.44. The second kappa shape index (κ2) is 8.26. The Morgan fingerprint density at radius 2 is 1.35 bits per heavy atom. The van der Waals surface area contributed by atoms with Gasteiger partial charge in [0.1, 0.15) is 6.61 Å². The molecule has 1 aliphatic heterocycles. The molecule has 1 aromatic rings. The van der Waals surface area contributed by atoms with Gasteiger partial charge in [0.15, 0.2) is 0 Å². The highest BCUT2D eigenvalue weighted by molar-refractivity contribution is 6.12. The number of aromatic hydroxyl groups is 2. The van der Waals surface area contributed by atoms with E-state index in [1.807, 2.05) is 0 Å². The fourth-order valence-corrected chi connectivity index (χ4v) is 2.42. The molecule has 2 amide bonds. The minimum Gasteiger partial charge on any atom is -0.492 e. The van der Waals surface area contributed by atoms with Crippen LogP contribution in [-0.2, 0) is 9.59 Å². The van der Waals surface area contributed by atoms with Crippen molar-refractivity contribution >= 4 is 11.8 Å². The van der Waals surface area contributed by atoms with Crippen LogP contribution in [0.4, 0.5) is 0 Å². The Bertz CT molecular complexity index is 542. The molecule has 0 radical (unpaired) electrons. The van der Waals surface area contributed by atoms with Crippen LogP contribution in [0.15, 0.2) is 24.3 Å². The molecule has 7 heteroatoms. The smallest absolute Gasteiger partial charge is 0.253 e. The normalized spacial score (nSPS) is 14.0. The fourth-order valence-electron chi connectivity index (χ4n) is 2.42. The van der Waals surface area contributed by atoms with Crippen LogP contribution in [0.2, 0.25) is 0 Å². The van der Waals surface area contributed by atoms with E-state index in [0.29, 0.717) is 13.2 Å². The largest absolute Gasteiger partial charge is 0.492 e. The number of hydrogen-bond acceptors (Lipinski definition) is 5. The SMILES string of the molecule is O=C1C=CC(=O)N1CCCCCCCCOn1c(O)ccc1O. The van der Waals surface area contributed by atoms with Gasteiger partial charge in [-0.1, -0.05) is 19.3 Å². The lowest BCUT2D eigenvalue weighted by Crippen LogP contribution is -2.30. The van der Waals surface area contributed by atoms with Gasteiger partial charge in [0.25, 0.3) is 11.8 Å². The van der Waals surface area contributed by atoms with Crippen molar-refractivity contribution in [1.82, 2.24) is 9.63 Å². The van der Waals surface area contributed by atoms with Crippen LogP contribution < -0.4 is 4.84 Å². The van der Waals surface area contributed by atoms with E-state index < -0.39 is 0 Å². The quantitative estimate of drug-likeness (QED) is 0.504. The van der Waals surface area contributed by atoms with Crippen LogP contribution >= 0.6 is 0 Å². The molecule has 0 saturated heterocycles. The summed E-state index contributed by atoms with van der Waals surface area (Å²) in [5, 5.41) is 18.8. The average molecular weight is 322 g/mol. The predicted molar refractivity (Wildman–Crippen MR) is 82.8 cm³/mol. The van der Waals surface area contributed by atoms with Crippen molar-refractivity contribution in [2.75, 3.05) is 13.2 Å². The maximum absolute atomic E-state index is 11.3. The van der Waals surface area contributed by atoms with Gasteiger partial charge < -0.3 is 15.1 Å². The van der Waals surface area contributed by atoms with Crippen molar-refractivity contribution in [3.05, 3.63) is 24.3 Å². The number of aromatic nitrogens is 1. The minimum atomic E-state index is -0.219. The van der Waals surface area contributed by atoms with E-state index in [4.69, 9.17) is 4.84 Å². The van der Waals surface area contributed by atoms with Crippen LogP contribution in [0.5, 0.6) is 11.8 Å². The van der Waals surface area contributed by atoms with Gasteiger partial charge in [-0.15, -0.1) is 4.73 Å². The lowest BCUT2D eigenvalue weighted by Gasteiger charge is -2.13. The van der Waals surface area contributed by atoms with Crippen LogP contribution in [0.25, 0.3) is 0 Å². The zero-order chi connectivity index (χ0) is 16.7. The fraction of sp³-hybridized carbons (Fsp3) is 0.500. The molecule has 23 heavy (non-hydrogen) atoms. The Labute approximate surface area is 134 Å². The van der Waals surface area contributed by atoms with Crippen molar-refractivity contribution in [2.24, 2.45) is 0 Å². The number of carbonyl (C=O) groups is 2. The molecule has 0 unspecified atom stereocenters. The first-order valence-corrected chi connectivity index (χ1v) is 7.86. The van der Waals surface area contributed by atoms with Crippen molar-refractivity contribution in [3.8, 4) is 11.8 Å². The number of carbonyl (C=O) groups excluding carboxylic acids is 2. The predicted octanol–water partition coefficient (Wildman–Crippen LogP) is 1.59. The van der Waals surface area contributed by atoms with Crippen molar-refractivity contribution in [2.45, 2.75) is 38.5 Å². The molecular formula is C16H22N2O5. The molecular weight excluding hydrogens is 300 g/mol. The Balaban J connectivity index is 1.46. The topological polar surface area (TPSA) is 92.0 Å². The van der Waals surface area contributed by atoms with Gasteiger partial charge in [-0.2, -0.15) is 0 Å². The molecule has 1 aromatic heterocycles. The lowest BCUT2D eigenvalue weighted by atomic mass is 10.1. The van der Waals surface area contributed by atoms with E-state index in [0.717, 1.165) is 43.3 Å². The van der Waals surface area contributed by atoms with E-state index in [2.05, 4.69) is 0 Å². The molecule has 0 aromatic carbocycles. The third-order valence-corrected chi connectivity index (χ3v) is 3.69. The summed E-state index contributed by atoms with van der Waals surface area (Å²) in [6, 6.07) is 2.72. The van der Waals surface area contributed by atoms with E-state index in [1.54, 1.807) is 0 Å². The summed E-state index contributed by atoms with van der Waals surface area (Å²) >= 11 is 0. The second-order valence-electron chi connectivity index (χ2n) is 5.46. The average Bonchev–Trinajstić information content (AvgIpc) is 3.02. The molecule has 0 atom stereocenters. The number of amides is 2. The number of nitrogens with zero attached hydrogens (tertiary/aromatic N) is 2. The van der Waals surface area contributed by atoms with Crippen LogP contribution in [-0.4, -0.2) is 44.8 Å². The molecule has 126 valence electrons. The van der Waals surface area contributed by atoms with Gasteiger partial charge in [-0.3, -0.25) is 14.5 Å². The summed E-state index contributed by atoms with van der Waals surface area (Å²) in [7, 11) is 0. The van der Waals surface area contributed by atoms with E-state index in [1.165, 1.54) is 29.2 Å². The van der Waals surface area contributed by atoms with Crippen molar-refractivity contribution in [3.63, 3.8) is 0 Å². The van der Waals surface area contributed by atoms with E-state index in [9.17, 15) is 19.8 Å². The zero-order valence-electron chi connectivity index (χ0n) is 13.0. The van der Waals surface area contributed by atoms with Gasteiger partial charge >= 0.3 is 0 Å². The van der Waals surface area contributed by atoms with Gasteiger partial charge in [-0.05, 0) is 19.3 Å². The molecule has 1 aliphatic rings.